The SMILES string of the molecule is CC(C)(C)OC(=O)N1CC[C@H](c2ccc(O)c(C(=O)O)c2)[C@H]1C(=O)O. The number of carboxylic acid groups (broad SMARTS) is 2. The molecule has 0 bridgehead atoms. The summed E-state index contributed by atoms with van der Waals surface area (Å²) >= 11 is 0. The van der Waals surface area contributed by atoms with Crippen molar-refractivity contribution >= 4 is 18.0 Å². The van der Waals surface area contributed by atoms with Gasteiger partial charge in [0, 0.05) is 12.5 Å². The van der Waals surface area contributed by atoms with Gasteiger partial charge in [0.25, 0.3) is 0 Å². The lowest BCUT2D eigenvalue weighted by atomic mass is 9.90. The van der Waals surface area contributed by atoms with Crippen molar-refractivity contribution in [3.8, 4) is 5.75 Å². The molecule has 1 aliphatic heterocycles. The van der Waals surface area contributed by atoms with E-state index in [0.717, 1.165) is 4.90 Å². The Labute approximate surface area is 144 Å². The highest BCUT2D eigenvalue weighted by atomic mass is 16.6. The number of phenols is 1. The molecule has 1 aliphatic rings. The lowest BCUT2D eigenvalue weighted by molar-refractivity contribution is -0.142. The number of nitrogens with zero attached hydrogens (tertiary/aromatic N) is 1. The maximum atomic E-state index is 12.3. The van der Waals surface area contributed by atoms with Crippen LogP contribution in [0, 0.1) is 0 Å². The van der Waals surface area contributed by atoms with E-state index < -0.39 is 41.3 Å². The number of benzene rings is 1. The zero-order chi connectivity index (χ0) is 18.9. The van der Waals surface area contributed by atoms with Crippen molar-refractivity contribution in [3.63, 3.8) is 0 Å². The maximum absolute atomic E-state index is 12.3. The quantitative estimate of drug-likeness (QED) is 0.763. The first-order chi connectivity index (χ1) is 11.5. The second kappa shape index (κ2) is 6.62. The lowest BCUT2D eigenvalue weighted by Gasteiger charge is -2.28. The molecule has 136 valence electrons. The average molecular weight is 351 g/mol. The molecule has 0 saturated carbocycles. The van der Waals surface area contributed by atoms with Crippen LogP contribution >= 0.6 is 0 Å². The Kier molecular flexibility index (Phi) is 4.92. The summed E-state index contributed by atoms with van der Waals surface area (Å²) in [6.45, 7) is 5.24. The Morgan fingerprint density at radius 3 is 2.36 bits per heavy atom. The minimum Gasteiger partial charge on any atom is -0.507 e. The van der Waals surface area contributed by atoms with E-state index in [1.165, 1.54) is 18.2 Å². The molecule has 8 nitrogen and oxygen atoms in total. The maximum Gasteiger partial charge on any atom is 0.411 e. The van der Waals surface area contributed by atoms with E-state index in [9.17, 15) is 24.6 Å². The van der Waals surface area contributed by atoms with Gasteiger partial charge in [-0.05, 0) is 44.9 Å². The van der Waals surface area contributed by atoms with Crippen molar-refractivity contribution in [2.24, 2.45) is 0 Å². The second-order valence-corrected chi connectivity index (χ2v) is 6.93. The van der Waals surface area contributed by atoms with E-state index in [1.807, 2.05) is 0 Å². The van der Waals surface area contributed by atoms with Crippen molar-refractivity contribution in [3.05, 3.63) is 29.3 Å². The molecule has 0 radical (unpaired) electrons. The fourth-order valence-corrected chi connectivity index (χ4v) is 2.93. The highest BCUT2D eigenvalue weighted by Gasteiger charge is 2.44. The van der Waals surface area contributed by atoms with Gasteiger partial charge in [-0.3, -0.25) is 4.90 Å². The van der Waals surface area contributed by atoms with Crippen LogP contribution in [0.3, 0.4) is 0 Å². The van der Waals surface area contributed by atoms with Crippen molar-refractivity contribution in [2.45, 2.75) is 44.8 Å². The lowest BCUT2D eigenvalue weighted by Crippen LogP contribution is -2.45. The van der Waals surface area contributed by atoms with Gasteiger partial charge < -0.3 is 20.1 Å². The number of hydrogen-bond acceptors (Lipinski definition) is 5. The predicted octanol–water partition coefficient (Wildman–Crippen LogP) is 2.27. The number of rotatable bonds is 3. The zero-order valence-electron chi connectivity index (χ0n) is 14.2. The molecule has 1 saturated heterocycles. The largest absolute Gasteiger partial charge is 0.507 e. The number of aromatic hydroxyl groups is 1. The Bertz CT molecular complexity index is 707. The standard InChI is InChI=1S/C17H21NO7/c1-17(2,3)25-16(24)18-7-6-10(13(18)15(22)23)9-4-5-12(19)11(8-9)14(20)21/h4-5,8,10,13,19H,6-7H2,1-3H3,(H,20,21)(H,22,23)/t10-,13+/m1/s1. The van der Waals surface area contributed by atoms with Gasteiger partial charge in [-0.1, -0.05) is 6.07 Å². The number of carbonyl (C=O) groups is 3. The number of aromatic carboxylic acids is 1. The Hall–Kier alpha value is -2.77. The summed E-state index contributed by atoms with van der Waals surface area (Å²) < 4.78 is 5.26. The third kappa shape index (κ3) is 4.01. The molecule has 1 aromatic rings. The monoisotopic (exact) mass is 351 g/mol. The molecule has 3 N–H and O–H groups in total. The van der Waals surface area contributed by atoms with Crippen molar-refractivity contribution < 1.29 is 34.4 Å². The van der Waals surface area contributed by atoms with E-state index in [4.69, 9.17) is 9.84 Å². The van der Waals surface area contributed by atoms with Crippen LogP contribution in [0.2, 0.25) is 0 Å². The van der Waals surface area contributed by atoms with Gasteiger partial charge in [0.15, 0.2) is 0 Å². The first-order valence-corrected chi connectivity index (χ1v) is 7.80. The molecule has 2 rings (SSSR count). The smallest absolute Gasteiger partial charge is 0.411 e. The van der Waals surface area contributed by atoms with Gasteiger partial charge in [-0.25, -0.2) is 14.4 Å². The number of aliphatic carboxylic acids is 1. The van der Waals surface area contributed by atoms with E-state index in [1.54, 1.807) is 20.8 Å². The fourth-order valence-electron chi connectivity index (χ4n) is 2.93. The van der Waals surface area contributed by atoms with Crippen LogP contribution in [0.5, 0.6) is 5.75 Å². The molecule has 25 heavy (non-hydrogen) atoms. The van der Waals surface area contributed by atoms with Gasteiger partial charge in [-0.2, -0.15) is 0 Å². The summed E-state index contributed by atoms with van der Waals surface area (Å²) in [7, 11) is 0. The number of carboxylic acids is 2. The summed E-state index contributed by atoms with van der Waals surface area (Å²) in [6.07, 6.45) is -0.375. The summed E-state index contributed by atoms with van der Waals surface area (Å²) in [5, 5.41) is 28.3. The van der Waals surface area contributed by atoms with Gasteiger partial charge in [0.2, 0.25) is 0 Å². The molecule has 1 aromatic carbocycles. The fraction of sp³-hybridized carbons (Fsp3) is 0.471. The van der Waals surface area contributed by atoms with E-state index in [0.29, 0.717) is 12.0 Å². The van der Waals surface area contributed by atoms with Crippen LogP contribution in [0.4, 0.5) is 4.79 Å². The first kappa shape index (κ1) is 18.6. The Morgan fingerprint density at radius 2 is 1.84 bits per heavy atom. The molecule has 0 spiro atoms. The molecular weight excluding hydrogens is 330 g/mol. The highest BCUT2D eigenvalue weighted by molar-refractivity contribution is 5.91. The van der Waals surface area contributed by atoms with Gasteiger partial charge >= 0.3 is 18.0 Å². The number of carbonyl (C=O) groups excluding carboxylic acids is 1. The van der Waals surface area contributed by atoms with Crippen LogP contribution in [0.1, 0.15) is 49.0 Å². The van der Waals surface area contributed by atoms with Crippen molar-refractivity contribution in [1.82, 2.24) is 4.90 Å². The minimum atomic E-state index is -1.31. The summed E-state index contributed by atoms with van der Waals surface area (Å²) in [4.78, 5) is 36.3. The zero-order valence-corrected chi connectivity index (χ0v) is 14.2. The topological polar surface area (TPSA) is 124 Å². The Balaban J connectivity index is 2.34. The Morgan fingerprint density at radius 1 is 1.20 bits per heavy atom. The van der Waals surface area contributed by atoms with E-state index in [2.05, 4.69) is 0 Å². The number of amides is 1. The summed E-state index contributed by atoms with van der Waals surface area (Å²) in [5.74, 6) is -3.50. The van der Waals surface area contributed by atoms with Crippen molar-refractivity contribution in [1.29, 1.82) is 0 Å². The third-order valence-electron chi connectivity index (χ3n) is 3.96. The molecule has 1 heterocycles. The molecule has 8 heteroatoms. The molecule has 2 atom stereocenters. The molecular formula is C17H21NO7. The van der Waals surface area contributed by atoms with Gasteiger partial charge in [0.05, 0.1) is 0 Å². The number of likely N-dealkylation sites (tertiary alicyclic amines) is 1. The van der Waals surface area contributed by atoms with E-state index in [-0.39, 0.29) is 12.1 Å². The highest BCUT2D eigenvalue weighted by Crippen LogP contribution is 2.36. The summed E-state index contributed by atoms with van der Waals surface area (Å²) in [5.41, 5.74) is -0.626. The molecule has 1 amide bonds. The molecule has 1 fully saturated rings. The van der Waals surface area contributed by atoms with Crippen LogP contribution in [0.15, 0.2) is 18.2 Å². The van der Waals surface area contributed by atoms with Crippen LogP contribution in [-0.2, 0) is 9.53 Å². The third-order valence-corrected chi connectivity index (χ3v) is 3.96. The molecule has 0 aliphatic carbocycles. The molecule has 0 unspecified atom stereocenters. The first-order valence-electron chi connectivity index (χ1n) is 7.80. The van der Waals surface area contributed by atoms with E-state index >= 15 is 0 Å². The van der Waals surface area contributed by atoms with Gasteiger partial charge in [-0.15, -0.1) is 0 Å². The average Bonchev–Trinajstić information content (AvgIpc) is 2.90. The van der Waals surface area contributed by atoms with Crippen LogP contribution in [-0.4, -0.2) is 56.4 Å². The second-order valence-electron chi connectivity index (χ2n) is 6.93. The van der Waals surface area contributed by atoms with Crippen LogP contribution in [0.25, 0.3) is 0 Å². The number of ether oxygens (including phenoxy) is 1. The molecule has 0 aromatic heterocycles. The van der Waals surface area contributed by atoms with Gasteiger partial charge in [0.1, 0.15) is 23.0 Å². The number of hydrogen-bond donors (Lipinski definition) is 3. The van der Waals surface area contributed by atoms with Crippen LogP contribution < -0.4 is 0 Å². The predicted molar refractivity (Wildman–Crippen MR) is 86.8 cm³/mol. The minimum absolute atomic E-state index is 0.180. The normalized spacial score (nSPS) is 20.4. The summed E-state index contributed by atoms with van der Waals surface area (Å²) in [6, 6.07) is 2.77. The van der Waals surface area contributed by atoms with Crippen molar-refractivity contribution in [2.75, 3.05) is 6.54 Å².